The Balaban J connectivity index is 1.44. The fourth-order valence-electron chi connectivity index (χ4n) is 4.15. The number of rotatable bonds is 4. The summed E-state index contributed by atoms with van der Waals surface area (Å²) in [4.78, 5) is 17.5. The second kappa shape index (κ2) is 8.99. The van der Waals surface area contributed by atoms with Crippen LogP contribution < -0.4 is 5.56 Å². The third kappa shape index (κ3) is 4.66. The number of fused-ring (bicyclic) bond motifs is 1. The summed E-state index contributed by atoms with van der Waals surface area (Å²) in [7, 11) is 1.85. The molecule has 182 valence electrons. The van der Waals surface area contributed by atoms with Crippen molar-refractivity contribution in [1.29, 1.82) is 0 Å². The number of hydrogen-bond donors (Lipinski definition) is 0. The second-order valence-electron chi connectivity index (χ2n) is 9.94. The van der Waals surface area contributed by atoms with Crippen LogP contribution in [0.25, 0.3) is 33.2 Å². The minimum atomic E-state index is -0.520. The number of aromatic nitrogens is 5. The first-order chi connectivity index (χ1) is 17.1. The molecule has 0 amide bonds. The van der Waals surface area contributed by atoms with E-state index < -0.39 is 11.4 Å². The van der Waals surface area contributed by atoms with E-state index in [2.05, 4.69) is 15.2 Å². The zero-order valence-electron chi connectivity index (χ0n) is 20.5. The lowest BCUT2D eigenvalue weighted by Crippen LogP contribution is -2.24. The van der Waals surface area contributed by atoms with Crippen molar-refractivity contribution in [3.63, 3.8) is 0 Å². The van der Waals surface area contributed by atoms with E-state index in [1.165, 1.54) is 10.7 Å². The fourth-order valence-corrected chi connectivity index (χ4v) is 4.36. The van der Waals surface area contributed by atoms with Gasteiger partial charge in [0.05, 0.1) is 30.0 Å². The van der Waals surface area contributed by atoms with Crippen LogP contribution in [-0.2, 0) is 19.0 Å². The first-order valence-electron chi connectivity index (χ1n) is 11.5. The highest BCUT2D eigenvalue weighted by molar-refractivity contribution is 6.29. The van der Waals surface area contributed by atoms with Gasteiger partial charge in [-0.1, -0.05) is 56.6 Å². The molecule has 0 radical (unpaired) electrons. The van der Waals surface area contributed by atoms with Crippen molar-refractivity contribution in [3.8, 4) is 22.4 Å². The highest BCUT2D eigenvalue weighted by Gasteiger charge is 2.18. The lowest BCUT2D eigenvalue weighted by Gasteiger charge is -2.19. The first kappa shape index (κ1) is 23.9. The molecule has 2 aromatic carbocycles. The Morgan fingerprint density at radius 1 is 0.944 bits per heavy atom. The van der Waals surface area contributed by atoms with Gasteiger partial charge in [0.25, 0.3) is 5.56 Å². The molecule has 0 aliphatic heterocycles. The highest BCUT2D eigenvalue weighted by atomic mass is 35.5. The molecule has 0 aliphatic carbocycles. The molecule has 6 nitrogen and oxygen atoms in total. The minimum Gasteiger partial charge on any atom is -0.275 e. The third-order valence-corrected chi connectivity index (χ3v) is 6.38. The molecule has 0 unspecified atom stereocenters. The zero-order chi connectivity index (χ0) is 25.6. The lowest BCUT2D eigenvalue weighted by atomic mass is 9.86. The van der Waals surface area contributed by atoms with E-state index >= 15 is 0 Å². The standard InChI is InChI=1S/C28H25ClFN5O/c1-28(2,3)22-9-20-13-32-35(27(36)26(20)23(30)12-22)15-17-5-7-18(8-6-17)19-10-24(33-25(29)11-19)21-14-31-34(4)16-21/h5-14,16H,15H2,1-4H3. The molecule has 5 aromatic rings. The molecular weight excluding hydrogens is 477 g/mol. The fraction of sp³-hybridized carbons (Fsp3) is 0.214. The van der Waals surface area contributed by atoms with Crippen molar-refractivity contribution in [3.05, 3.63) is 99.6 Å². The Labute approximate surface area is 213 Å². The van der Waals surface area contributed by atoms with Gasteiger partial charge in [-0.25, -0.2) is 14.1 Å². The lowest BCUT2D eigenvalue weighted by molar-refractivity contribution is 0.574. The van der Waals surface area contributed by atoms with Gasteiger partial charge >= 0.3 is 0 Å². The van der Waals surface area contributed by atoms with Gasteiger partial charge in [-0.2, -0.15) is 10.2 Å². The van der Waals surface area contributed by atoms with Crippen LogP contribution in [0.5, 0.6) is 0 Å². The molecule has 36 heavy (non-hydrogen) atoms. The predicted octanol–water partition coefficient (Wildman–Crippen LogP) is 6.00. The molecule has 0 spiro atoms. The van der Waals surface area contributed by atoms with Crippen LogP contribution in [0.4, 0.5) is 4.39 Å². The number of nitrogens with zero attached hydrogens (tertiary/aromatic N) is 5. The first-order valence-corrected chi connectivity index (χ1v) is 11.9. The van der Waals surface area contributed by atoms with Gasteiger partial charge in [0, 0.05) is 24.2 Å². The van der Waals surface area contributed by atoms with Gasteiger partial charge in [-0.3, -0.25) is 9.48 Å². The molecule has 3 heterocycles. The summed E-state index contributed by atoms with van der Waals surface area (Å²) in [5.74, 6) is -0.520. The van der Waals surface area contributed by atoms with Crippen molar-refractivity contribution < 1.29 is 4.39 Å². The van der Waals surface area contributed by atoms with Crippen LogP contribution in [0.3, 0.4) is 0 Å². The van der Waals surface area contributed by atoms with E-state index in [4.69, 9.17) is 11.6 Å². The third-order valence-electron chi connectivity index (χ3n) is 6.19. The number of benzene rings is 2. The largest absolute Gasteiger partial charge is 0.277 e. The van der Waals surface area contributed by atoms with Gasteiger partial charge in [0.15, 0.2) is 0 Å². The Bertz CT molecular complexity index is 1650. The predicted molar refractivity (Wildman–Crippen MR) is 141 cm³/mol. The molecule has 8 heteroatoms. The summed E-state index contributed by atoms with van der Waals surface area (Å²) >= 11 is 6.29. The molecule has 0 saturated carbocycles. The smallest absolute Gasteiger partial charge is 0.275 e. The maximum Gasteiger partial charge on any atom is 0.277 e. The van der Waals surface area contributed by atoms with Crippen LogP contribution in [-0.4, -0.2) is 24.5 Å². The normalized spacial score (nSPS) is 11.8. The number of halogens is 2. The molecule has 0 atom stereocenters. The number of hydrogen-bond acceptors (Lipinski definition) is 4. The molecule has 0 N–H and O–H groups in total. The van der Waals surface area contributed by atoms with Crippen LogP contribution in [0.2, 0.25) is 5.15 Å². The molecule has 0 bridgehead atoms. The maximum absolute atomic E-state index is 14.9. The summed E-state index contributed by atoms with van der Waals surface area (Å²) in [5.41, 5.74) is 4.49. The zero-order valence-corrected chi connectivity index (χ0v) is 21.2. The Kier molecular flexibility index (Phi) is 5.96. The van der Waals surface area contributed by atoms with Crippen molar-refractivity contribution in [2.24, 2.45) is 7.05 Å². The van der Waals surface area contributed by atoms with Gasteiger partial charge in [-0.15, -0.1) is 0 Å². The van der Waals surface area contributed by atoms with Crippen molar-refractivity contribution >= 4 is 22.4 Å². The van der Waals surface area contributed by atoms with E-state index in [0.717, 1.165) is 33.5 Å². The average molecular weight is 502 g/mol. The van der Waals surface area contributed by atoms with Gasteiger partial charge < -0.3 is 0 Å². The number of aryl methyl sites for hydroxylation is 1. The van der Waals surface area contributed by atoms with Crippen LogP contribution in [0.15, 0.2) is 71.9 Å². The van der Waals surface area contributed by atoms with E-state index in [9.17, 15) is 9.18 Å². The van der Waals surface area contributed by atoms with Crippen molar-refractivity contribution in [2.45, 2.75) is 32.7 Å². The molecule has 0 saturated heterocycles. The van der Waals surface area contributed by atoms with Gasteiger partial charge in [0.1, 0.15) is 11.0 Å². The van der Waals surface area contributed by atoms with Crippen LogP contribution in [0, 0.1) is 5.82 Å². The van der Waals surface area contributed by atoms with Crippen molar-refractivity contribution in [2.75, 3.05) is 0 Å². The Morgan fingerprint density at radius 3 is 2.36 bits per heavy atom. The molecule has 0 fully saturated rings. The summed E-state index contributed by atoms with van der Waals surface area (Å²) in [6.45, 7) is 6.25. The monoisotopic (exact) mass is 501 g/mol. The topological polar surface area (TPSA) is 65.6 Å². The highest BCUT2D eigenvalue weighted by Crippen LogP contribution is 2.29. The van der Waals surface area contributed by atoms with Gasteiger partial charge in [0.2, 0.25) is 0 Å². The van der Waals surface area contributed by atoms with Crippen molar-refractivity contribution in [1.82, 2.24) is 24.5 Å². The Hall–Kier alpha value is -3.84. The maximum atomic E-state index is 14.9. The van der Waals surface area contributed by atoms with E-state index in [0.29, 0.717) is 10.5 Å². The number of pyridine rings is 1. The van der Waals surface area contributed by atoms with Crippen LogP contribution in [0.1, 0.15) is 31.9 Å². The SMILES string of the molecule is Cn1cc(-c2cc(-c3ccc(Cn4ncc5cc(C(C)(C)C)cc(F)c5c4=O)cc3)cc(Cl)n2)cn1. The van der Waals surface area contributed by atoms with Crippen LogP contribution >= 0.6 is 11.6 Å². The average Bonchev–Trinajstić information content (AvgIpc) is 3.26. The molecule has 5 rings (SSSR count). The minimum absolute atomic E-state index is 0.0592. The molecular formula is C28H25ClFN5O. The van der Waals surface area contributed by atoms with E-state index in [1.807, 2.05) is 70.4 Å². The van der Waals surface area contributed by atoms with E-state index in [-0.39, 0.29) is 17.3 Å². The second-order valence-corrected chi connectivity index (χ2v) is 10.3. The van der Waals surface area contributed by atoms with Gasteiger partial charge in [-0.05, 0) is 51.9 Å². The molecule has 0 aliphatic rings. The summed E-state index contributed by atoms with van der Waals surface area (Å²) in [5, 5.41) is 9.47. The summed E-state index contributed by atoms with van der Waals surface area (Å²) in [6.07, 6.45) is 5.18. The molecule has 3 aromatic heterocycles. The quantitative estimate of drug-likeness (QED) is 0.283. The Morgan fingerprint density at radius 2 is 1.69 bits per heavy atom. The van der Waals surface area contributed by atoms with E-state index in [1.54, 1.807) is 23.1 Å². The summed E-state index contributed by atoms with van der Waals surface area (Å²) < 4.78 is 17.9. The summed E-state index contributed by atoms with van der Waals surface area (Å²) in [6, 6.07) is 14.8.